The molecule has 0 fully saturated rings. The van der Waals surface area contributed by atoms with Gasteiger partial charge in [-0.25, -0.2) is 8.42 Å². The normalized spacial score (nSPS) is 10.4. The first-order valence-electron chi connectivity index (χ1n) is 3.93. The summed E-state index contributed by atoms with van der Waals surface area (Å²) in [5.41, 5.74) is 5.41. The summed E-state index contributed by atoms with van der Waals surface area (Å²) in [6.45, 7) is 1.21. The van der Waals surface area contributed by atoms with Crippen LogP contribution in [-0.4, -0.2) is 18.9 Å². The van der Waals surface area contributed by atoms with Crippen LogP contribution in [0.5, 0.6) is 0 Å². The van der Waals surface area contributed by atoms with E-state index in [0.29, 0.717) is 0 Å². The standard InChI is InChI=1S/C8H10N2O4S.Na/c1-5(11)10-7-3-2-6(9)4-8(7)15(12,13)14;/h2-4H,9H2,1H3,(H,10,11)(H,12,13,14);/q;+1/p-1. The monoisotopic (exact) mass is 252 g/mol. The summed E-state index contributed by atoms with van der Waals surface area (Å²) < 4.78 is 32.5. The number of rotatable bonds is 2. The Labute approximate surface area is 115 Å². The average Bonchev–Trinajstić information content (AvgIpc) is 2.05. The van der Waals surface area contributed by atoms with Crippen molar-refractivity contribution in [1.29, 1.82) is 0 Å². The Hall–Kier alpha value is -0.600. The van der Waals surface area contributed by atoms with E-state index in [0.717, 1.165) is 6.07 Å². The summed E-state index contributed by atoms with van der Waals surface area (Å²) >= 11 is 0. The van der Waals surface area contributed by atoms with Crippen molar-refractivity contribution < 1.29 is 47.3 Å². The molecule has 1 amide bonds. The van der Waals surface area contributed by atoms with Gasteiger partial charge in [0.15, 0.2) is 0 Å². The molecule has 1 aromatic carbocycles. The van der Waals surface area contributed by atoms with Gasteiger partial charge in [0.1, 0.15) is 10.1 Å². The van der Waals surface area contributed by atoms with Crippen molar-refractivity contribution in [1.82, 2.24) is 0 Å². The molecule has 0 unspecified atom stereocenters. The van der Waals surface area contributed by atoms with Gasteiger partial charge in [-0.05, 0) is 18.2 Å². The van der Waals surface area contributed by atoms with E-state index in [2.05, 4.69) is 5.32 Å². The van der Waals surface area contributed by atoms with Crippen LogP contribution in [0, 0.1) is 0 Å². The Morgan fingerprint density at radius 1 is 1.44 bits per heavy atom. The van der Waals surface area contributed by atoms with E-state index in [9.17, 15) is 17.8 Å². The Bertz CT molecular complexity index is 501. The molecule has 6 nitrogen and oxygen atoms in total. The predicted molar refractivity (Wildman–Crippen MR) is 53.1 cm³/mol. The number of carbonyl (C=O) groups is 1. The van der Waals surface area contributed by atoms with Crippen molar-refractivity contribution in [3.05, 3.63) is 18.2 Å². The van der Waals surface area contributed by atoms with Crippen LogP contribution in [0.2, 0.25) is 0 Å². The SMILES string of the molecule is CC(=O)Nc1ccc(N)cc1S(=O)(=O)[O-].[Na+]. The molecule has 0 aliphatic carbocycles. The molecule has 0 aliphatic heterocycles. The molecule has 0 radical (unpaired) electrons. The van der Waals surface area contributed by atoms with Crippen LogP contribution >= 0.6 is 0 Å². The number of benzene rings is 1. The van der Waals surface area contributed by atoms with Crippen molar-refractivity contribution >= 4 is 27.4 Å². The molecule has 16 heavy (non-hydrogen) atoms. The fourth-order valence-electron chi connectivity index (χ4n) is 1.04. The second kappa shape index (κ2) is 5.65. The maximum absolute atomic E-state index is 10.8. The maximum atomic E-state index is 10.8. The Kier molecular flexibility index (Phi) is 5.43. The number of nitrogens with two attached hydrogens (primary N) is 1. The third-order valence-electron chi connectivity index (χ3n) is 1.59. The summed E-state index contributed by atoms with van der Waals surface area (Å²) in [6.07, 6.45) is 0. The van der Waals surface area contributed by atoms with E-state index >= 15 is 0 Å². The van der Waals surface area contributed by atoms with Crippen molar-refractivity contribution in [2.75, 3.05) is 11.1 Å². The van der Waals surface area contributed by atoms with Gasteiger partial charge in [-0.1, -0.05) is 0 Å². The second-order valence-corrected chi connectivity index (χ2v) is 4.24. The van der Waals surface area contributed by atoms with Crippen molar-refractivity contribution in [2.24, 2.45) is 0 Å². The second-order valence-electron chi connectivity index (χ2n) is 2.89. The summed E-state index contributed by atoms with van der Waals surface area (Å²) in [7, 11) is -4.65. The van der Waals surface area contributed by atoms with Crippen LogP contribution in [0.25, 0.3) is 0 Å². The van der Waals surface area contributed by atoms with Crippen LogP contribution in [0.1, 0.15) is 6.92 Å². The first-order valence-corrected chi connectivity index (χ1v) is 5.34. The molecule has 0 saturated heterocycles. The van der Waals surface area contributed by atoms with Gasteiger partial charge >= 0.3 is 29.6 Å². The third kappa shape index (κ3) is 4.11. The molecule has 3 N–H and O–H groups in total. The summed E-state index contributed by atoms with van der Waals surface area (Å²) in [5, 5.41) is 2.23. The molecule has 82 valence electrons. The Balaban J connectivity index is 0.00000225. The van der Waals surface area contributed by atoms with E-state index in [-0.39, 0.29) is 40.9 Å². The average molecular weight is 252 g/mol. The van der Waals surface area contributed by atoms with Crippen LogP contribution < -0.4 is 40.6 Å². The topological polar surface area (TPSA) is 112 Å². The fraction of sp³-hybridized carbons (Fsp3) is 0.125. The summed E-state index contributed by atoms with van der Waals surface area (Å²) in [5.74, 6) is -0.468. The van der Waals surface area contributed by atoms with Gasteiger partial charge in [0, 0.05) is 12.6 Å². The summed E-state index contributed by atoms with van der Waals surface area (Å²) in [4.78, 5) is 10.2. The van der Waals surface area contributed by atoms with Gasteiger partial charge in [0.05, 0.1) is 10.6 Å². The molecule has 0 aromatic heterocycles. The first kappa shape index (κ1) is 15.4. The zero-order valence-corrected chi connectivity index (χ0v) is 11.7. The minimum atomic E-state index is -4.65. The van der Waals surface area contributed by atoms with E-state index in [1.165, 1.54) is 19.1 Å². The van der Waals surface area contributed by atoms with Gasteiger partial charge in [-0.15, -0.1) is 0 Å². The van der Waals surface area contributed by atoms with Crippen LogP contribution in [0.15, 0.2) is 23.1 Å². The molecule has 0 heterocycles. The number of nitrogens with one attached hydrogen (secondary N) is 1. The third-order valence-corrected chi connectivity index (χ3v) is 2.46. The molecular weight excluding hydrogens is 243 g/mol. The van der Waals surface area contributed by atoms with Gasteiger partial charge < -0.3 is 15.6 Å². The van der Waals surface area contributed by atoms with Gasteiger partial charge in [0.25, 0.3) is 0 Å². The number of hydrogen-bond donors (Lipinski definition) is 2. The molecule has 0 spiro atoms. The van der Waals surface area contributed by atoms with Gasteiger partial charge in [-0.3, -0.25) is 4.79 Å². The van der Waals surface area contributed by atoms with Gasteiger partial charge in [-0.2, -0.15) is 0 Å². The van der Waals surface area contributed by atoms with E-state index < -0.39 is 20.9 Å². The van der Waals surface area contributed by atoms with Gasteiger partial charge in [0.2, 0.25) is 5.91 Å². The molecule has 0 atom stereocenters. The number of amides is 1. The fourth-order valence-corrected chi connectivity index (χ4v) is 1.71. The number of hydrogen-bond acceptors (Lipinski definition) is 5. The molecular formula is C8H9N2NaO4S. The van der Waals surface area contributed by atoms with Crippen LogP contribution in [0.4, 0.5) is 11.4 Å². The van der Waals surface area contributed by atoms with E-state index in [1.54, 1.807) is 0 Å². The number of carbonyl (C=O) groups excluding carboxylic acids is 1. The smallest absolute Gasteiger partial charge is 0.744 e. The summed E-state index contributed by atoms with van der Waals surface area (Å²) in [6, 6.07) is 3.66. The molecule has 1 aromatic rings. The molecule has 8 heteroatoms. The number of nitrogen functional groups attached to an aromatic ring is 1. The van der Waals surface area contributed by atoms with Crippen molar-refractivity contribution in [3.8, 4) is 0 Å². The minimum Gasteiger partial charge on any atom is -0.744 e. The van der Waals surface area contributed by atoms with E-state index in [1.807, 2.05) is 0 Å². The molecule has 0 aliphatic rings. The Morgan fingerprint density at radius 2 is 2.00 bits per heavy atom. The minimum absolute atomic E-state index is 0. The molecule has 1 rings (SSSR count). The quantitative estimate of drug-likeness (QED) is 0.334. The first-order chi connectivity index (χ1) is 6.80. The van der Waals surface area contributed by atoms with Crippen LogP contribution in [0.3, 0.4) is 0 Å². The molecule has 0 bridgehead atoms. The maximum Gasteiger partial charge on any atom is 1.00 e. The van der Waals surface area contributed by atoms with E-state index in [4.69, 9.17) is 5.73 Å². The Morgan fingerprint density at radius 3 is 2.44 bits per heavy atom. The predicted octanol–water partition coefficient (Wildman–Crippen LogP) is -2.86. The number of anilines is 2. The zero-order chi connectivity index (χ0) is 11.6. The zero-order valence-electron chi connectivity index (χ0n) is 8.85. The largest absolute Gasteiger partial charge is 1.00 e. The molecule has 0 saturated carbocycles. The van der Waals surface area contributed by atoms with Crippen molar-refractivity contribution in [2.45, 2.75) is 11.8 Å². The van der Waals surface area contributed by atoms with Crippen LogP contribution in [-0.2, 0) is 14.9 Å². The van der Waals surface area contributed by atoms with Crippen molar-refractivity contribution in [3.63, 3.8) is 0 Å².